The summed E-state index contributed by atoms with van der Waals surface area (Å²) < 4.78 is 1.48. The second-order valence-corrected chi connectivity index (χ2v) is 5.60. The van der Waals surface area contributed by atoms with Gasteiger partial charge in [0.2, 0.25) is 0 Å². The van der Waals surface area contributed by atoms with Crippen molar-refractivity contribution in [3.63, 3.8) is 0 Å². The van der Waals surface area contributed by atoms with Gasteiger partial charge in [-0.2, -0.15) is 0 Å². The average molecular weight is 257 g/mol. The first kappa shape index (κ1) is 12.4. The van der Waals surface area contributed by atoms with Gasteiger partial charge < -0.3 is 0 Å². The molecule has 0 aromatic carbocycles. The van der Waals surface area contributed by atoms with Crippen molar-refractivity contribution in [2.75, 3.05) is 0 Å². The Balaban J connectivity index is 2.29. The Labute approximate surface area is 97.7 Å². The lowest BCUT2D eigenvalue weighted by Gasteiger charge is -2.23. The fraction of sp³-hybridized carbons (Fsp3) is 0.833. The molecule has 0 N–H and O–H groups in total. The predicted octanol–water partition coefficient (Wildman–Crippen LogP) is 4.92. The number of hydrogen-bond acceptors (Lipinski definition) is 0. The van der Waals surface area contributed by atoms with Crippen LogP contribution in [-0.2, 0) is 0 Å². The molecule has 1 fully saturated rings. The molecule has 0 amide bonds. The van der Waals surface area contributed by atoms with Crippen molar-refractivity contribution in [1.29, 1.82) is 0 Å². The highest BCUT2D eigenvalue weighted by atomic mass is 79.9. The van der Waals surface area contributed by atoms with Crippen molar-refractivity contribution in [1.82, 2.24) is 0 Å². The van der Waals surface area contributed by atoms with Crippen LogP contribution in [0.25, 0.3) is 0 Å². The normalized spacial score (nSPS) is 20.2. The molecule has 0 aromatic rings. The molecule has 0 atom stereocenters. The highest BCUT2D eigenvalue weighted by molar-refractivity contribution is 9.12. The Morgan fingerprint density at radius 2 is 2.07 bits per heavy atom. The molecule has 0 nitrogen and oxygen atoms in total. The van der Waals surface area contributed by atoms with Gasteiger partial charge in [0.05, 0.1) is 0 Å². The second-order valence-electron chi connectivity index (χ2n) is 4.69. The molecule has 1 rings (SSSR count). The zero-order valence-corrected chi connectivity index (χ0v) is 11.1. The van der Waals surface area contributed by atoms with Crippen LogP contribution in [0.5, 0.6) is 0 Å². The quantitative estimate of drug-likeness (QED) is 0.495. The molecular weight excluding hydrogens is 235 g/mol. The summed E-state index contributed by atoms with van der Waals surface area (Å²) in [5, 5.41) is 0. The molecule has 14 heavy (non-hydrogen) atoms. The van der Waals surface area contributed by atoms with Crippen LogP contribution < -0.4 is 0 Å². The number of rotatable bonds is 4. The van der Waals surface area contributed by atoms with Crippen molar-refractivity contribution < 1.29 is 0 Å². The largest absolute Gasteiger partial charge is 0.184 e. The average Bonchev–Trinajstić information content (AvgIpc) is 2.19. The van der Waals surface area contributed by atoms with Crippen LogP contribution in [0.15, 0.2) is 10.5 Å². The monoisotopic (exact) mass is 256 g/mol. The minimum Gasteiger partial charge on any atom is -0.0834 e. The van der Waals surface area contributed by atoms with Crippen LogP contribution in [0.1, 0.15) is 46.0 Å². The van der Waals surface area contributed by atoms with E-state index in [9.17, 15) is 0 Å². The number of unbranched alkanes of at least 4 members (excludes halogenated alkanes) is 2. The fourth-order valence-corrected chi connectivity index (χ4v) is 2.83. The highest BCUT2D eigenvalue weighted by Gasteiger charge is 2.23. The minimum atomic E-state index is 0.836. The molecule has 0 aromatic heterocycles. The SMILES string of the molecule is CCCC/C=C(\Br)B1CCC(C)CC1. The molecule has 1 saturated heterocycles. The Bertz CT molecular complexity index is 181. The molecule has 1 aliphatic heterocycles. The van der Waals surface area contributed by atoms with Crippen molar-refractivity contribution in [2.24, 2.45) is 5.92 Å². The van der Waals surface area contributed by atoms with E-state index in [0.29, 0.717) is 0 Å². The van der Waals surface area contributed by atoms with Crippen molar-refractivity contribution >= 4 is 22.6 Å². The van der Waals surface area contributed by atoms with E-state index < -0.39 is 0 Å². The maximum absolute atomic E-state index is 3.75. The van der Waals surface area contributed by atoms with E-state index in [4.69, 9.17) is 0 Å². The third-order valence-corrected chi connectivity index (χ3v) is 4.27. The van der Waals surface area contributed by atoms with Gasteiger partial charge in [-0.1, -0.05) is 74.2 Å². The summed E-state index contributed by atoms with van der Waals surface area (Å²) in [5.41, 5.74) is 0. The summed E-state index contributed by atoms with van der Waals surface area (Å²) in [4.78, 5) is 0. The topological polar surface area (TPSA) is 0 Å². The highest BCUT2D eigenvalue weighted by Crippen LogP contribution is 2.30. The van der Waals surface area contributed by atoms with Crippen LogP contribution in [0.3, 0.4) is 0 Å². The van der Waals surface area contributed by atoms with Crippen LogP contribution in [-0.4, -0.2) is 6.71 Å². The first-order valence-corrected chi connectivity index (χ1v) is 6.89. The third kappa shape index (κ3) is 4.21. The maximum Gasteiger partial charge on any atom is 0.184 e. The molecular formula is C12H22BBr. The van der Waals surface area contributed by atoms with E-state index in [1.807, 2.05) is 0 Å². The number of hydrogen-bond donors (Lipinski definition) is 0. The first-order chi connectivity index (χ1) is 6.74. The lowest BCUT2D eigenvalue weighted by Crippen LogP contribution is -2.20. The van der Waals surface area contributed by atoms with Crippen molar-refractivity contribution in [3.8, 4) is 0 Å². The van der Waals surface area contributed by atoms with Crippen LogP contribution in [0, 0.1) is 5.92 Å². The fourth-order valence-electron chi connectivity index (χ4n) is 2.15. The summed E-state index contributed by atoms with van der Waals surface area (Å²) in [6.07, 6.45) is 11.9. The van der Waals surface area contributed by atoms with E-state index in [-0.39, 0.29) is 0 Å². The molecule has 0 unspecified atom stereocenters. The minimum absolute atomic E-state index is 0.836. The molecule has 80 valence electrons. The van der Waals surface area contributed by atoms with Crippen LogP contribution in [0.2, 0.25) is 12.6 Å². The summed E-state index contributed by atoms with van der Waals surface area (Å²) in [7, 11) is 0. The Morgan fingerprint density at radius 1 is 1.43 bits per heavy atom. The molecule has 1 heterocycles. The molecule has 0 aliphatic carbocycles. The van der Waals surface area contributed by atoms with Gasteiger partial charge in [0, 0.05) is 0 Å². The van der Waals surface area contributed by atoms with Crippen molar-refractivity contribution in [3.05, 3.63) is 10.5 Å². The standard InChI is InChI=1S/C12H22BBr/c1-3-4-5-6-12(14)13-9-7-11(2)8-10-13/h6,11H,3-5,7-10H2,1-2H3/b12-6-. The molecule has 0 saturated carbocycles. The van der Waals surface area contributed by atoms with Gasteiger partial charge in [-0.15, -0.1) is 0 Å². The summed E-state index contributed by atoms with van der Waals surface area (Å²) in [6, 6.07) is 0. The smallest absolute Gasteiger partial charge is 0.0834 e. The van der Waals surface area contributed by atoms with Gasteiger partial charge in [0.15, 0.2) is 6.71 Å². The van der Waals surface area contributed by atoms with Gasteiger partial charge in [-0.05, 0) is 16.7 Å². The van der Waals surface area contributed by atoms with E-state index in [1.165, 1.54) is 49.1 Å². The summed E-state index contributed by atoms with van der Waals surface area (Å²) in [5.74, 6) is 0.960. The molecule has 2 heteroatoms. The third-order valence-electron chi connectivity index (χ3n) is 3.30. The Morgan fingerprint density at radius 3 is 2.64 bits per heavy atom. The Hall–Kier alpha value is 0.285. The Kier molecular flexibility index (Phi) is 5.92. The molecule has 1 aliphatic rings. The molecule has 0 spiro atoms. The van der Waals surface area contributed by atoms with Gasteiger partial charge >= 0.3 is 0 Å². The van der Waals surface area contributed by atoms with E-state index in [1.54, 1.807) is 0 Å². The zero-order chi connectivity index (χ0) is 10.4. The van der Waals surface area contributed by atoms with E-state index >= 15 is 0 Å². The first-order valence-electron chi connectivity index (χ1n) is 6.09. The van der Waals surface area contributed by atoms with E-state index in [2.05, 4.69) is 35.9 Å². The zero-order valence-electron chi connectivity index (χ0n) is 9.56. The molecule has 0 bridgehead atoms. The van der Waals surface area contributed by atoms with Crippen molar-refractivity contribution in [2.45, 2.75) is 58.6 Å². The summed E-state index contributed by atoms with van der Waals surface area (Å²) >= 11 is 3.75. The van der Waals surface area contributed by atoms with Gasteiger partial charge in [0.1, 0.15) is 0 Å². The lowest BCUT2D eigenvalue weighted by molar-refractivity contribution is 0.519. The second kappa shape index (κ2) is 6.71. The van der Waals surface area contributed by atoms with Gasteiger partial charge in [-0.3, -0.25) is 0 Å². The van der Waals surface area contributed by atoms with Crippen LogP contribution >= 0.6 is 15.9 Å². The van der Waals surface area contributed by atoms with E-state index in [0.717, 1.165) is 12.6 Å². The molecule has 0 radical (unpaired) electrons. The van der Waals surface area contributed by atoms with Gasteiger partial charge in [0.25, 0.3) is 0 Å². The predicted molar refractivity (Wildman–Crippen MR) is 70.3 cm³/mol. The maximum atomic E-state index is 3.75. The summed E-state index contributed by atoms with van der Waals surface area (Å²) in [6.45, 7) is 5.47. The van der Waals surface area contributed by atoms with Gasteiger partial charge in [-0.25, -0.2) is 0 Å². The van der Waals surface area contributed by atoms with Crippen LogP contribution in [0.4, 0.5) is 0 Å². The number of halogens is 1. The number of allylic oxidation sites excluding steroid dienone is 1. The lowest BCUT2D eigenvalue weighted by atomic mass is 9.40.